The van der Waals surface area contributed by atoms with Gasteiger partial charge in [0.05, 0.1) is 17.7 Å². The maximum atomic E-state index is 12.7. The van der Waals surface area contributed by atoms with E-state index in [9.17, 15) is 9.90 Å². The molecule has 1 aliphatic rings. The number of amidine groups is 1. The molecule has 0 atom stereocenters. The van der Waals surface area contributed by atoms with Crippen molar-refractivity contribution >= 4 is 34.6 Å². The third-order valence-electron chi connectivity index (χ3n) is 4.00. The molecule has 1 saturated heterocycles. The first-order chi connectivity index (χ1) is 12.5. The van der Waals surface area contributed by atoms with Crippen LogP contribution in [0.3, 0.4) is 0 Å². The largest absolute Gasteiger partial charge is 0.504 e. The SMILES string of the molecule is CCN1C(=O)C(=Cc2cccc(OC)c2O)SC1=Nc1ccc(C)cc1. The Balaban J connectivity index is 1.95. The lowest BCUT2D eigenvalue weighted by molar-refractivity contribution is -0.122. The predicted molar refractivity (Wildman–Crippen MR) is 106 cm³/mol. The molecule has 0 radical (unpaired) electrons. The smallest absolute Gasteiger partial charge is 0.266 e. The molecule has 0 spiro atoms. The average molecular weight is 368 g/mol. The summed E-state index contributed by atoms with van der Waals surface area (Å²) >= 11 is 1.30. The highest BCUT2D eigenvalue weighted by atomic mass is 32.2. The predicted octanol–water partition coefficient (Wildman–Crippen LogP) is 4.33. The number of thioether (sulfide) groups is 1. The maximum absolute atomic E-state index is 12.7. The van der Waals surface area contributed by atoms with Crippen molar-refractivity contribution in [3.05, 3.63) is 58.5 Å². The topological polar surface area (TPSA) is 62.1 Å². The van der Waals surface area contributed by atoms with Crippen molar-refractivity contribution in [1.82, 2.24) is 4.90 Å². The maximum Gasteiger partial charge on any atom is 0.266 e. The summed E-state index contributed by atoms with van der Waals surface area (Å²) in [5, 5.41) is 10.9. The number of carbonyl (C=O) groups excluding carboxylic acids is 1. The number of ether oxygens (including phenoxy) is 1. The van der Waals surface area contributed by atoms with E-state index in [1.54, 1.807) is 29.2 Å². The van der Waals surface area contributed by atoms with Gasteiger partial charge in [-0.15, -0.1) is 0 Å². The van der Waals surface area contributed by atoms with Gasteiger partial charge in [0.15, 0.2) is 16.7 Å². The lowest BCUT2D eigenvalue weighted by Crippen LogP contribution is -2.28. The van der Waals surface area contributed by atoms with E-state index in [2.05, 4.69) is 4.99 Å². The van der Waals surface area contributed by atoms with E-state index in [1.165, 1.54) is 18.9 Å². The number of phenolic OH excluding ortho intramolecular Hbond substituents is 1. The third kappa shape index (κ3) is 3.60. The number of aliphatic imine (C=N–C) groups is 1. The van der Waals surface area contributed by atoms with Gasteiger partial charge >= 0.3 is 0 Å². The number of methoxy groups -OCH3 is 1. The minimum Gasteiger partial charge on any atom is -0.504 e. The monoisotopic (exact) mass is 368 g/mol. The first kappa shape index (κ1) is 18.1. The second kappa shape index (κ2) is 7.66. The number of hydrogen-bond acceptors (Lipinski definition) is 5. The van der Waals surface area contributed by atoms with Crippen molar-refractivity contribution in [1.29, 1.82) is 0 Å². The molecule has 2 aromatic carbocycles. The summed E-state index contributed by atoms with van der Waals surface area (Å²) in [6, 6.07) is 13.0. The Bertz CT molecular complexity index is 888. The van der Waals surface area contributed by atoms with E-state index in [0.29, 0.717) is 27.9 Å². The Hall–Kier alpha value is -2.73. The minimum absolute atomic E-state index is 0.0165. The van der Waals surface area contributed by atoms with Gasteiger partial charge in [-0.2, -0.15) is 0 Å². The summed E-state index contributed by atoms with van der Waals surface area (Å²) in [5.41, 5.74) is 2.49. The molecule has 0 aromatic heterocycles. The number of para-hydroxylation sites is 1. The molecule has 0 unspecified atom stereocenters. The van der Waals surface area contributed by atoms with Crippen molar-refractivity contribution in [3.8, 4) is 11.5 Å². The Morgan fingerprint density at radius 1 is 1.23 bits per heavy atom. The quantitative estimate of drug-likeness (QED) is 0.816. The molecular weight excluding hydrogens is 348 g/mol. The molecule has 1 N–H and O–H groups in total. The number of likely N-dealkylation sites (N-methyl/N-ethyl adjacent to an activating group) is 1. The molecule has 1 heterocycles. The number of nitrogens with zero attached hydrogens (tertiary/aromatic N) is 2. The summed E-state index contributed by atoms with van der Waals surface area (Å²) in [6.07, 6.45) is 1.67. The van der Waals surface area contributed by atoms with E-state index in [-0.39, 0.29) is 11.7 Å². The van der Waals surface area contributed by atoms with Gasteiger partial charge in [-0.1, -0.05) is 29.8 Å². The van der Waals surface area contributed by atoms with Crippen LogP contribution >= 0.6 is 11.8 Å². The van der Waals surface area contributed by atoms with Gasteiger partial charge in [0.25, 0.3) is 5.91 Å². The molecule has 1 amide bonds. The third-order valence-corrected chi connectivity index (χ3v) is 5.01. The van der Waals surface area contributed by atoms with Crippen molar-refractivity contribution in [3.63, 3.8) is 0 Å². The Morgan fingerprint density at radius 2 is 1.96 bits per heavy atom. The van der Waals surface area contributed by atoms with Crippen molar-refractivity contribution in [2.45, 2.75) is 13.8 Å². The fraction of sp³-hybridized carbons (Fsp3) is 0.200. The normalized spacial score (nSPS) is 17.3. The van der Waals surface area contributed by atoms with Crippen LogP contribution in [-0.2, 0) is 4.79 Å². The molecule has 1 aliphatic heterocycles. The second-order valence-corrected chi connectivity index (χ2v) is 6.80. The number of hydrogen-bond donors (Lipinski definition) is 1. The molecule has 3 rings (SSSR count). The molecule has 5 nitrogen and oxygen atoms in total. The van der Waals surface area contributed by atoms with Crippen LogP contribution in [0.5, 0.6) is 11.5 Å². The molecule has 6 heteroatoms. The fourth-order valence-electron chi connectivity index (χ4n) is 2.56. The summed E-state index contributed by atoms with van der Waals surface area (Å²) in [6.45, 7) is 4.46. The van der Waals surface area contributed by atoms with Gasteiger partial charge < -0.3 is 9.84 Å². The first-order valence-corrected chi connectivity index (χ1v) is 9.08. The van der Waals surface area contributed by atoms with Gasteiger partial charge in [-0.05, 0) is 49.9 Å². The van der Waals surface area contributed by atoms with Crippen LogP contribution in [-0.4, -0.2) is 34.7 Å². The molecule has 0 saturated carbocycles. The van der Waals surface area contributed by atoms with Crippen molar-refractivity contribution in [2.75, 3.05) is 13.7 Å². The number of rotatable bonds is 4. The van der Waals surface area contributed by atoms with Gasteiger partial charge in [0.1, 0.15) is 0 Å². The van der Waals surface area contributed by atoms with Crippen LogP contribution in [0, 0.1) is 6.92 Å². The van der Waals surface area contributed by atoms with Crippen molar-refractivity contribution in [2.24, 2.45) is 4.99 Å². The molecule has 2 aromatic rings. The fourth-order valence-corrected chi connectivity index (χ4v) is 3.62. The number of carbonyl (C=O) groups is 1. The van der Waals surface area contributed by atoms with E-state index in [1.807, 2.05) is 38.1 Å². The summed E-state index contributed by atoms with van der Waals surface area (Å²) < 4.78 is 5.12. The molecule has 0 aliphatic carbocycles. The highest BCUT2D eigenvalue weighted by molar-refractivity contribution is 8.18. The van der Waals surface area contributed by atoms with E-state index in [0.717, 1.165) is 11.3 Å². The zero-order chi connectivity index (χ0) is 18.7. The standard InChI is InChI=1S/C20H20N2O3S/c1-4-22-19(24)17(12-14-6-5-7-16(25-3)18(14)23)26-20(22)21-15-10-8-13(2)9-11-15/h5-12,23H,4H2,1-3H3. The van der Waals surface area contributed by atoms with E-state index >= 15 is 0 Å². The lowest BCUT2D eigenvalue weighted by Gasteiger charge is -2.12. The molecule has 0 bridgehead atoms. The van der Waals surface area contributed by atoms with Crippen LogP contribution in [0.25, 0.3) is 6.08 Å². The molecule has 134 valence electrons. The van der Waals surface area contributed by atoms with Crippen molar-refractivity contribution < 1.29 is 14.6 Å². The first-order valence-electron chi connectivity index (χ1n) is 8.26. The van der Waals surface area contributed by atoms with Crippen LogP contribution in [0.1, 0.15) is 18.1 Å². The average Bonchev–Trinajstić information content (AvgIpc) is 2.93. The van der Waals surface area contributed by atoms with E-state index in [4.69, 9.17) is 4.74 Å². The van der Waals surface area contributed by atoms with Gasteiger partial charge in [-0.25, -0.2) is 4.99 Å². The van der Waals surface area contributed by atoms with E-state index < -0.39 is 0 Å². The van der Waals surface area contributed by atoms with Crippen LogP contribution in [0.15, 0.2) is 52.4 Å². The Labute approximate surface area is 157 Å². The highest BCUT2D eigenvalue weighted by Crippen LogP contribution is 2.37. The molecule has 1 fully saturated rings. The van der Waals surface area contributed by atoms with Gasteiger partial charge in [0.2, 0.25) is 0 Å². The lowest BCUT2D eigenvalue weighted by atomic mass is 10.1. The molecular formula is C20H20N2O3S. The summed E-state index contributed by atoms with van der Waals surface area (Å²) in [5.74, 6) is 0.268. The highest BCUT2D eigenvalue weighted by Gasteiger charge is 2.32. The number of benzene rings is 2. The summed E-state index contributed by atoms with van der Waals surface area (Å²) in [7, 11) is 1.49. The zero-order valence-corrected chi connectivity index (χ0v) is 15.7. The second-order valence-electron chi connectivity index (χ2n) is 5.79. The molecule has 26 heavy (non-hydrogen) atoms. The van der Waals surface area contributed by atoms with Crippen LogP contribution in [0.4, 0.5) is 5.69 Å². The van der Waals surface area contributed by atoms with Crippen LogP contribution in [0.2, 0.25) is 0 Å². The Morgan fingerprint density at radius 3 is 2.62 bits per heavy atom. The zero-order valence-electron chi connectivity index (χ0n) is 14.9. The number of phenols is 1. The Kier molecular flexibility index (Phi) is 5.32. The number of aromatic hydroxyl groups is 1. The van der Waals surface area contributed by atoms with Gasteiger partial charge in [0, 0.05) is 12.1 Å². The number of aryl methyl sites for hydroxylation is 1. The minimum atomic E-state index is -0.120. The van der Waals surface area contributed by atoms with Crippen LogP contribution < -0.4 is 4.74 Å². The number of amides is 1. The summed E-state index contributed by atoms with van der Waals surface area (Å²) in [4.78, 5) is 19.5. The van der Waals surface area contributed by atoms with Gasteiger partial charge in [-0.3, -0.25) is 9.69 Å².